The van der Waals surface area contributed by atoms with Crippen LogP contribution in [-0.2, 0) is 14.2 Å². The zero-order valence-electron chi connectivity index (χ0n) is 10.9. The van der Waals surface area contributed by atoms with Crippen LogP contribution in [0.15, 0.2) is 0 Å². The lowest BCUT2D eigenvalue weighted by molar-refractivity contribution is -0.139. The van der Waals surface area contributed by atoms with Crippen LogP contribution in [0.3, 0.4) is 0 Å². The summed E-state index contributed by atoms with van der Waals surface area (Å²) in [5, 5.41) is 0. The molecule has 0 aliphatic carbocycles. The topological polar surface area (TPSA) is 27.7 Å². The first-order valence-electron chi connectivity index (χ1n) is 5.79. The number of ether oxygens (including phenoxy) is 3. The first kappa shape index (κ1) is 17.7. The molecule has 0 aromatic heterocycles. The quantitative estimate of drug-likeness (QED) is 0.253. The summed E-state index contributed by atoms with van der Waals surface area (Å²) in [6.07, 6.45) is -0.478. The van der Waals surface area contributed by atoms with Crippen LogP contribution in [0.2, 0.25) is 25.7 Å². The summed E-state index contributed by atoms with van der Waals surface area (Å²) in [7, 11) is -1.05. The third-order valence-corrected chi connectivity index (χ3v) is 3.91. The molecule has 0 spiro atoms. The number of hydrogen-bond donors (Lipinski definition) is 0. The average Bonchev–Trinajstić information content (AvgIpc) is 2.25. The van der Waals surface area contributed by atoms with E-state index < -0.39 is 14.4 Å². The lowest BCUT2D eigenvalue weighted by Crippen LogP contribution is -2.24. The minimum atomic E-state index is -1.05. The van der Waals surface area contributed by atoms with E-state index in [1.54, 1.807) is 6.61 Å². The van der Waals surface area contributed by atoms with Crippen molar-refractivity contribution in [2.45, 2.75) is 32.0 Å². The maximum atomic E-state index is 5.55. The van der Waals surface area contributed by atoms with Crippen LogP contribution in [-0.4, -0.2) is 45.9 Å². The fourth-order valence-corrected chi connectivity index (χ4v) is 1.87. The zero-order chi connectivity index (χ0) is 13.1. The number of rotatable bonds is 11. The third kappa shape index (κ3) is 12.9. The second kappa shape index (κ2) is 10.6. The van der Waals surface area contributed by atoms with Gasteiger partial charge in [0.1, 0.15) is 6.61 Å². The summed E-state index contributed by atoms with van der Waals surface area (Å²) in [6, 6.07) is 1.11. The number of hydrogen-bond acceptors (Lipinski definition) is 3. The molecule has 17 heavy (non-hydrogen) atoms. The van der Waals surface area contributed by atoms with E-state index in [1.807, 2.05) is 0 Å². The highest BCUT2D eigenvalue weighted by Gasteiger charge is 2.14. The van der Waals surface area contributed by atoms with Gasteiger partial charge in [0.15, 0.2) is 6.29 Å². The maximum Gasteiger partial charge on any atom is 0.186 e. The van der Waals surface area contributed by atoms with Gasteiger partial charge in [0.05, 0.1) is 13.2 Å². The monoisotopic (exact) mass is 301 g/mol. The molecule has 3 nitrogen and oxygen atoms in total. The van der Waals surface area contributed by atoms with Crippen molar-refractivity contribution in [1.82, 2.24) is 0 Å². The molecule has 0 rings (SSSR count). The van der Waals surface area contributed by atoms with Crippen LogP contribution in [0, 0.1) is 6.61 Å². The van der Waals surface area contributed by atoms with Gasteiger partial charge in [-0.3, -0.25) is 0 Å². The molecule has 103 valence electrons. The van der Waals surface area contributed by atoms with E-state index in [4.69, 9.17) is 37.4 Å². The molecule has 0 aromatic rings. The van der Waals surface area contributed by atoms with E-state index >= 15 is 0 Å². The first-order valence-corrected chi connectivity index (χ1v) is 10.6. The summed E-state index contributed by atoms with van der Waals surface area (Å²) in [5.74, 6) is 0.868. The van der Waals surface area contributed by atoms with Crippen molar-refractivity contribution in [3.8, 4) is 0 Å². The Labute approximate surface area is 116 Å². The Morgan fingerprint density at radius 2 is 1.53 bits per heavy atom. The van der Waals surface area contributed by atoms with Gasteiger partial charge in [-0.05, 0) is 6.04 Å². The van der Waals surface area contributed by atoms with Crippen molar-refractivity contribution in [1.29, 1.82) is 0 Å². The van der Waals surface area contributed by atoms with Gasteiger partial charge in [0.25, 0.3) is 0 Å². The van der Waals surface area contributed by atoms with Crippen molar-refractivity contribution in [3.63, 3.8) is 0 Å². The molecule has 0 amide bonds. The highest BCUT2D eigenvalue weighted by atomic mass is 35.5. The van der Waals surface area contributed by atoms with Gasteiger partial charge in [-0.25, -0.2) is 0 Å². The zero-order valence-corrected chi connectivity index (χ0v) is 13.4. The maximum absolute atomic E-state index is 5.55. The van der Waals surface area contributed by atoms with Gasteiger partial charge in [-0.2, -0.15) is 0 Å². The minimum Gasteiger partial charge on any atom is -0.370 e. The molecule has 6 heteroatoms. The van der Waals surface area contributed by atoms with Crippen LogP contribution in [0.5, 0.6) is 0 Å². The minimum absolute atomic E-state index is 0.433. The molecule has 1 radical (unpaired) electrons. The largest absolute Gasteiger partial charge is 0.370 e. The Morgan fingerprint density at radius 3 is 1.94 bits per heavy atom. The molecular weight excluding hydrogens is 279 g/mol. The van der Waals surface area contributed by atoms with Gasteiger partial charge in [0.2, 0.25) is 0 Å². The van der Waals surface area contributed by atoms with E-state index in [0.717, 1.165) is 6.04 Å². The van der Waals surface area contributed by atoms with Crippen LogP contribution in [0.4, 0.5) is 0 Å². The predicted molar refractivity (Wildman–Crippen MR) is 75.5 cm³/mol. The third-order valence-electron chi connectivity index (χ3n) is 1.90. The summed E-state index contributed by atoms with van der Waals surface area (Å²) in [6.45, 7) is 10.1. The van der Waals surface area contributed by atoms with Gasteiger partial charge in [0, 0.05) is 26.4 Å². The van der Waals surface area contributed by atoms with Gasteiger partial charge in [-0.1, -0.05) is 19.6 Å². The van der Waals surface area contributed by atoms with Crippen molar-refractivity contribution in [3.05, 3.63) is 6.61 Å². The molecule has 0 bridgehead atoms. The second-order valence-corrected chi connectivity index (χ2v) is 11.2. The van der Waals surface area contributed by atoms with E-state index in [9.17, 15) is 0 Å². The fourth-order valence-electron chi connectivity index (χ4n) is 0.960. The van der Waals surface area contributed by atoms with Crippen molar-refractivity contribution in [2.24, 2.45) is 0 Å². The smallest absolute Gasteiger partial charge is 0.186 e. The summed E-state index contributed by atoms with van der Waals surface area (Å²) in [4.78, 5) is 0. The van der Waals surface area contributed by atoms with E-state index in [0.29, 0.717) is 31.6 Å². The summed E-state index contributed by atoms with van der Waals surface area (Å²) >= 11 is 11.1. The standard InChI is InChI=1S/C11H23Cl2O3Si/c1-17(2,3)9-8-14-10-11(15-6-4-12)16-7-5-13/h10-11H,4-9H2,1-3H3. The SMILES string of the molecule is C[Si](C)(C)CCO[CH]C(OCCCl)OCCCl. The summed E-state index contributed by atoms with van der Waals surface area (Å²) < 4.78 is 16.1. The average molecular weight is 302 g/mol. The molecule has 0 aliphatic rings. The molecule has 0 N–H and O–H groups in total. The Bertz CT molecular complexity index is 169. The van der Waals surface area contributed by atoms with Crippen LogP contribution in [0.25, 0.3) is 0 Å². The normalized spacial score (nSPS) is 12.4. The Morgan fingerprint density at radius 1 is 1.00 bits per heavy atom. The van der Waals surface area contributed by atoms with Gasteiger partial charge in [-0.15, -0.1) is 23.2 Å². The first-order chi connectivity index (χ1) is 7.99. The van der Waals surface area contributed by atoms with E-state index in [1.165, 1.54) is 0 Å². The van der Waals surface area contributed by atoms with E-state index in [2.05, 4.69) is 19.6 Å². The van der Waals surface area contributed by atoms with Gasteiger partial charge < -0.3 is 14.2 Å². The van der Waals surface area contributed by atoms with Gasteiger partial charge >= 0.3 is 0 Å². The highest BCUT2D eigenvalue weighted by molar-refractivity contribution is 6.76. The van der Waals surface area contributed by atoms with Crippen LogP contribution < -0.4 is 0 Å². The molecule has 0 aromatic carbocycles. The molecule has 0 heterocycles. The molecule has 0 saturated carbocycles. The molecule has 0 unspecified atom stereocenters. The van der Waals surface area contributed by atoms with Crippen LogP contribution in [0.1, 0.15) is 0 Å². The van der Waals surface area contributed by atoms with Crippen LogP contribution >= 0.6 is 23.2 Å². The molecule has 0 saturated heterocycles. The summed E-state index contributed by atoms with van der Waals surface area (Å²) in [5.41, 5.74) is 0. The molecule has 0 fully saturated rings. The predicted octanol–water partition coefficient (Wildman–Crippen LogP) is 3.34. The van der Waals surface area contributed by atoms with Crippen molar-refractivity contribution < 1.29 is 14.2 Å². The van der Waals surface area contributed by atoms with E-state index in [-0.39, 0.29) is 0 Å². The second-order valence-electron chi connectivity index (χ2n) is 4.81. The Hall–Kier alpha value is 0.677. The number of alkyl halides is 2. The molecule has 0 atom stereocenters. The lowest BCUT2D eigenvalue weighted by Gasteiger charge is -2.19. The Balaban J connectivity index is 3.66. The fraction of sp³-hybridized carbons (Fsp3) is 0.909. The molecular formula is C11H23Cl2O3Si. The Kier molecular flexibility index (Phi) is 11.0. The van der Waals surface area contributed by atoms with Crippen molar-refractivity contribution in [2.75, 3.05) is 31.6 Å². The highest BCUT2D eigenvalue weighted by Crippen LogP contribution is 2.09. The number of halogens is 2. The lowest BCUT2D eigenvalue weighted by atomic mass is 10.6. The van der Waals surface area contributed by atoms with Crippen molar-refractivity contribution >= 4 is 31.3 Å². The molecule has 0 aliphatic heterocycles.